The highest BCUT2D eigenvalue weighted by molar-refractivity contribution is 6.24. The minimum atomic E-state index is -0.479. The number of phenols is 2. The number of carbonyl (C=O) groups excluding carboxylic acids is 2. The largest absolute Gasteiger partial charge is 0.507 e. The van der Waals surface area contributed by atoms with E-state index < -0.39 is 11.6 Å². The van der Waals surface area contributed by atoms with E-state index in [9.17, 15) is 19.8 Å². The summed E-state index contributed by atoms with van der Waals surface area (Å²) in [5, 5.41) is 21.4. The zero-order valence-electron chi connectivity index (χ0n) is 12.4. The van der Waals surface area contributed by atoms with Gasteiger partial charge in [-0.15, -0.1) is 0 Å². The van der Waals surface area contributed by atoms with E-state index >= 15 is 0 Å². The van der Waals surface area contributed by atoms with Crippen molar-refractivity contribution in [3.05, 3.63) is 64.0 Å². The number of fused-ring (bicyclic) bond motifs is 1. The molecule has 0 saturated carbocycles. The molecule has 0 aliphatic heterocycles. The van der Waals surface area contributed by atoms with Crippen LogP contribution in [0, 0.1) is 10.4 Å². The summed E-state index contributed by atoms with van der Waals surface area (Å²) in [6.45, 7) is 2.78. The van der Waals surface area contributed by atoms with E-state index in [1.54, 1.807) is 0 Å². The molecule has 23 heavy (non-hydrogen) atoms. The van der Waals surface area contributed by atoms with Crippen LogP contribution >= 0.6 is 0 Å². The Labute approximate surface area is 131 Å². The highest BCUT2D eigenvalue weighted by Gasteiger charge is 2.25. The third-order valence-corrected chi connectivity index (χ3v) is 3.63. The number of ketones is 2. The predicted molar refractivity (Wildman–Crippen MR) is 82.9 cm³/mol. The first-order valence-electron chi connectivity index (χ1n) is 7.11. The number of ether oxygens (including phenoxy) is 1. The van der Waals surface area contributed by atoms with Crippen molar-refractivity contribution in [2.45, 2.75) is 6.92 Å². The van der Waals surface area contributed by atoms with Crippen LogP contribution in [0.5, 0.6) is 17.2 Å². The van der Waals surface area contributed by atoms with Gasteiger partial charge in [-0.05, 0) is 42.5 Å². The summed E-state index contributed by atoms with van der Waals surface area (Å²) >= 11 is 0. The normalized spacial score (nSPS) is 13.1. The van der Waals surface area contributed by atoms with Crippen LogP contribution < -0.4 is 4.74 Å². The number of hydrogen-bond acceptors (Lipinski definition) is 5. The minimum absolute atomic E-state index is 0.127. The lowest BCUT2D eigenvalue weighted by Crippen LogP contribution is -2.11. The second kappa shape index (κ2) is 5.61. The fraction of sp³-hybridized carbons (Fsp3) is 0.111. The second-order valence-electron chi connectivity index (χ2n) is 5.06. The fourth-order valence-electron chi connectivity index (χ4n) is 2.43. The van der Waals surface area contributed by atoms with Gasteiger partial charge >= 0.3 is 0 Å². The van der Waals surface area contributed by atoms with Gasteiger partial charge in [0, 0.05) is 5.22 Å². The summed E-state index contributed by atoms with van der Waals surface area (Å²) in [6.07, 6.45) is 2.15. The predicted octanol–water partition coefficient (Wildman–Crippen LogP) is 2.72. The Morgan fingerprint density at radius 2 is 1.48 bits per heavy atom. The zero-order chi connectivity index (χ0) is 16.6. The molecule has 0 heterocycles. The molecule has 1 aromatic carbocycles. The van der Waals surface area contributed by atoms with Crippen molar-refractivity contribution in [2.24, 2.45) is 0 Å². The molecule has 0 aromatic heterocycles. The van der Waals surface area contributed by atoms with Gasteiger partial charge in [0.05, 0.1) is 17.7 Å². The average molecular weight is 310 g/mol. The van der Waals surface area contributed by atoms with Crippen LogP contribution in [0.15, 0.2) is 42.5 Å². The third-order valence-electron chi connectivity index (χ3n) is 3.63. The molecule has 3 aliphatic carbocycles. The van der Waals surface area contributed by atoms with Gasteiger partial charge in [-0.2, -0.15) is 0 Å². The van der Waals surface area contributed by atoms with Gasteiger partial charge in [0.25, 0.3) is 0 Å². The van der Waals surface area contributed by atoms with Gasteiger partial charge in [-0.1, -0.05) is 12.1 Å². The molecule has 0 unspecified atom stereocenters. The van der Waals surface area contributed by atoms with Crippen LogP contribution in [-0.2, 0) is 0 Å². The summed E-state index contributed by atoms with van der Waals surface area (Å²) in [6, 6.07) is 8.61. The Bertz CT molecular complexity index is 898. The van der Waals surface area contributed by atoms with E-state index in [1.807, 2.05) is 6.92 Å². The Balaban J connectivity index is 0.000000149. The van der Waals surface area contributed by atoms with E-state index in [2.05, 4.69) is 18.2 Å². The van der Waals surface area contributed by atoms with E-state index in [0.717, 1.165) is 24.5 Å². The number of hydrogen-bond donors (Lipinski definition) is 2. The van der Waals surface area contributed by atoms with E-state index in [4.69, 9.17) is 4.74 Å². The van der Waals surface area contributed by atoms with Gasteiger partial charge in [-0.25, -0.2) is 0 Å². The summed E-state index contributed by atoms with van der Waals surface area (Å²) in [5.41, 5.74) is -0.255. The maximum absolute atomic E-state index is 11.3. The first kappa shape index (κ1) is 14.8. The molecule has 5 nitrogen and oxygen atoms in total. The Hall–Kier alpha value is -3.08. The van der Waals surface area contributed by atoms with Crippen molar-refractivity contribution in [2.75, 3.05) is 6.61 Å². The van der Waals surface area contributed by atoms with E-state index in [-0.39, 0.29) is 22.6 Å². The molecule has 4 rings (SSSR count). The summed E-state index contributed by atoms with van der Waals surface area (Å²) in [5.74, 6) is -0.475. The maximum atomic E-state index is 11.3. The molecular weight excluding hydrogens is 296 g/mol. The van der Waals surface area contributed by atoms with Gasteiger partial charge in [0.2, 0.25) is 0 Å². The molecule has 3 aliphatic rings. The summed E-state index contributed by atoms with van der Waals surface area (Å²) in [4.78, 5) is 22.6. The highest BCUT2D eigenvalue weighted by atomic mass is 16.5. The van der Waals surface area contributed by atoms with Crippen molar-refractivity contribution < 1.29 is 24.5 Å². The number of benzene rings is 2. The fourth-order valence-corrected chi connectivity index (χ4v) is 2.43. The summed E-state index contributed by atoms with van der Waals surface area (Å²) < 4.78 is 5.26. The first-order chi connectivity index (χ1) is 11.0. The van der Waals surface area contributed by atoms with Crippen LogP contribution in [0.1, 0.15) is 27.6 Å². The molecule has 0 amide bonds. The molecule has 2 N–H and O–H groups in total. The third kappa shape index (κ3) is 2.46. The molecule has 116 valence electrons. The molecule has 5 heteroatoms. The van der Waals surface area contributed by atoms with Crippen LogP contribution in [-0.4, -0.2) is 28.4 Å². The molecule has 0 saturated heterocycles. The molecule has 0 fully saturated rings. The summed E-state index contributed by atoms with van der Waals surface area (Å²) in [7, 11) is 0. The van der Waals surface area contributed by atoms with Crippen molar-refractivity contribution in [1.29, 1.82) is 0 Å². The van der Waals surface area contributed by atoms with Gasteiger partial charge < -0.3 is 14.9 Å². The number of rotatable bonds is 2. The van der Waals surface area contributed by atoms with Crippen molar-refractivity contribution in [3.8, 4) is 17.2 Å². The minimum Gasteiger partial charge on any atom is -0.507 e. The second-order valence-corrected chi connectivity index (χ2v) is 5.06. The molecule has 0 atom stereocenters. The lowest BCUT2D eigenvalue weighted by Gasteiger charge is -2.11. The van der Waals surface area contributed by atoms with Crippen LogP contribution in [0.3, 0.4) is 0 Å². The molecular formula is C18H14O5. The number of allylic oxidation sites excluding steroid dienone is 2. The SMILES string of the molecule is CCOc1cc2ccc1=2.O=C1C=CC(=O)c2c(O)ccc(O)c21. The lowest BCUT2D eigenvalue weighted by molar-refractivity contribution is 0.0989. The average Bonchev–Trinajstić information content (AvgIpc) is 2.51. The van der Waals surface area contributed by atoms with E-state index in [0.29, 0.717) is 0 Å². The van der Waals surface area contributed by atoms with Gasteiger partial charge in [0.15, 0.2) is 11.6 Å². The topological polar surface area (TPSA) is 83.8 Å². The van der Waals surface area contributed by atoms with E-state index in [1.165, 1.54) is 22.6 Å². The van der Waals surface area contributed by atoms with Gasteiger partial charge in [0.1, 0.15) is 17.2 Å². The molecule has 0 spiro atoms. The Morgan fingerprint density at radius 3 is 1.83 bits per heavy atom. The molecule has 0 bridgehead atoms. The number of phenolic OH excluding ortho intramolecular Hbond substituents is 2. The lowest BCUT2D eigenvalue weighted by atomic mass is 9.93. The van der Waals surface area contributed by atoms with Crippen molar-refractivity contribution in [1.82, 2.24) is 0 Å². The molecule has 0 radical (unpaired) electrons. The Kier molecular flexibility index (Phi) is 3.62. The Morgan fingerprint density at radius 1 is 0.913 bits per heavy atom. The van der Waals surface area contributed by atoms with Crippen LogP contribution in [0.25, 0.3) is 0 Å². The highest BCUT2D eigenvalue weighted by Crippen LogP contribution is 2.32. The van der Waals surface area contributed by atoms with Crippen molar-refractivity contribution >= 4 is 11.6 Å². The smallest absolute Gasteiger partial charge is 0.190 e. The maximum Gasteiger partial charge on any atom is 0.190 e. The number of carbonyl (C=O) groups is 2. The quantitative estimate of drug-likeness (QED) is 0.711. The first-order valence-corrected chi connectivity index (χ1v) is 7.11. The zero-order valence-corrected chi connectivity index (χ0v) is 12.4. The monoisotopic (exact) mass is 310 g/mol. The van der Waals surface area contributed by atoms with Crippen LogP contribution in [0.2, 0.25) is 0 Å². The number of aromatic hydroxyl groups is 2. The van der Waals surface area contributed by atoms with Gasteiger partial charge in [-0.3, -0.25) is 9.59 Å². The van der Waals surface area contributed by atoms with Crippen molar-refractivity contribution in [3.63, 3.8) is 0 Å². The standard InChI is InChI=1S/C10H6O4.C8H8O/c11-5-1-2-6(12)10-8(14)4-3-7(13)9(5)10;1-2-9-8-5-6-3-4-7(6)8/h1-4,11-12H;3-5H,2H2,1H3. The van der Waals surface area contributed by atoms with Crippen LogP contribution in [0.4, 0.5) is 0 Å². The molecule has 1 aromatic rings.